The molecular weight excluding hydrogens is 467 g/mol. The summed E-state index contributed by atoms with van der Waals surface area (Å²) in [7, 11) is 0. The van der Waals surface area contributed by atoms with Crippen LogP contribution in [0, 0.1) is 5.92 Å². The summed E-state index contributed by atoms with van der Waals surface area (Å²) < 4.78 is 64.3. The number of halogens is 5. The van der Waals surface area contributed by atoms with Crippen LogP contribution in [0.1, 0.15) is 41.0 Å². The Morgan fingerprint density at radius 2 is 1.88 bits per heavy atom. The summed E-state index contributed by atoms with van der Waals surface area (Å²) in [5, 5.41) is 16.2. The number of aromatic nitrogens is 6. The van der Waals surface area contributed by atoms with Crippen LogP contribution in [0.25, 0.3) is 5.65 Å². The first-order valence-electron chi connectivity index (χ1n) is 10.2. The van der Waals surface area contributed by atoms with Crippen molar-refractivity contribution in [1.82, 2.24) is 40.2 Å². The lowest BCUT2D eigenvalue weighted by Crippen LogP contribution is -2.38. The zero-order chi connectivity index (χ0) is 24.5. The van der Waals surface area contributed by atoms with Crippen molar-refractivity contribution in [2.45, 2.75) is 51.0 Å². The van der Waals surface area contributed by atoms with E-state index in [1.807, 2.05) is 0 Å². The van der Waals surface area contributed by atoms with Gasteiger partial charge in [0.15, 0.2) is 17.9 Å². The molecule has 15 heteroatoms. The van der Waals surface area contributed by atoms with E-state index in [9.17, 15) is 31.5 Å². The molecule has 3 aromatic heterocycles. The second-order valence-corrected chi connectivity index (χ2v) is 8.07. The van der Waals surface area contributed by atoms with E-state index in [1.165, 1.54) is 10.7 Å². The molecule has 3 heterocycles. The molecule has 0 unspecified atom stereocenters. The Kier molecular flexibility index (Phi) is 6.18. The minimum atomic E-state index is -4.51. The van der Waals surface area contributed by atoms with E-state index in [0.717, 1.165) is 6.20 Å². The molecule has 1 fully saturated rings. The lowest BCUT2D eigenvalue weighted by atomic mass is 9.79. The van der Waals surface area contributed by atoms with E-state index < -0.39 is 24.6 Å². The molecule has 4 rings (SSSR count). The van der Waals surface area contributed by atoms with Gasteiger partial charge in [0.25, 0.3) is 5.91 Å². The van der Waals surface area contributed by atoms with Crippen molar-refractivity contribution in [2.75, 3.05) is 0 Å². The third kappa shape index (κ3) is 6.02. The molecule has 0 aromatic carbocycles. The SMILES string of the molecule is O=C(CC1CC(F)(F)C1)NCc1cnn2cc(CNC(=O)c3cnn(CC(F)(F)F)n3)nc2c1. The van der Waals surface area contributed by atoms with Gasteiger partial charge >= 0.3 is 6.18 Å². The highest BCUT2D eigenvalue weighted by Crippen LogP contribution is 2.43. The van der Waals surface area contributed by atoms with E-state index >= 15 is 0 Å². The number of rotatable bonds is 8. The molecule has 0 saturated heterocycles. The fraction of sp³-hybridized carbons (Fsp3) is 0.474. The zero-order valence-corrected chi connectivity index (χ0v) is 17.5. The van der Waals surface area contributed by atoms with Crippen LogP contribution >= 0.6 is 0 Å². The third-order valence-electron chi connectivity index (χ3n) is 5.08. The smallest absolute Gasteiger partial charge is 0.352 e. The highest BCUT2D eigenvalue weighted by atomic mass is 19.4. The Morgan fingerprint density at radius 3 is 2.59 bits per heavy atom. The number of hydrogen-bond donors (Lipinski definition) is 2. The molecule has 0 radical (unpaired) electrons. The summed E-state index contributed by atoms with van der Waals surface area (Å²) in [5.74, 6) is -4.01. The fourth-order valence-corrected chi connectivity index (χ4v) is 3.51. The summed E-state index contributed by atoms with van der Waals surface area (Å²) in [6, 6.07) is 1.67. The molecule has 10 nitrogen and oxygen atoms in total. The molecule has 1 saturated carbocycles. The number of amides is 2. The standard InChI is InChI=1S/C19H19F5N8O2/c20-18(21)3-11(4-18)2-16(33)25-5-12-1-15-29-13(9-31(15)27-6-12)7-26-17(34)14-8-28-32(30-14)10-19(22,23)24/h1,6,8-9,11H,2-5,7,10H2,(H,25,33)(H,26,34). The highest BCUT2D eigenvalue weighted by molar-refractivity contribution is 5.91. The van der Waals surface area contributed by atoms with Crippen LogP contribution in [0.4, 0.5) is 22.0 Å². The van der Waals surface area contributed by atoms with Crippen LogP contribution < -0.4 is 10.6 Å². The minimum Gasteiger partial charge on any atom is -0.352 e. The normalized spacial score (nSPS) is 15.8. The first-order valence-corrected chi connectivity index (χ1v) is 10.2. The van der Waals surface area contributed by atoms with Crippen molar-refractivity contribution in [3.63, 3.8) is 0 Å². The van der Waals surface area contributed by atoms with Crippen molar-refractivity contribution >= 4 is 17.5 Å². The van der Waals surface area contributed by atoms with Gasteiger partial charge in [-0.3, -0.25) is 9.59 Å². The zero-order valence-electron chi connectivity index (χ0n) is 17.5. The highest BCUT2D eigenvalue weighted by Gasteiger charge is 2.45. The molecule has 2 N–H and O–H groups in total. The Morgan fingerprint density at radius 1 is 1.12 bits per heavy atom. The first-order chi connectivity index (χ1) is 16.0. The number of imidazole rings is 1. The molecule has 2 amide bonds. The summed E-state index contributed by atoms with van der Waals surface area (Å²) in [6.45, 7) is -1.29. The average molecular weight is 486 g/mol. The summed E-state index contributed by atoms with van der Waals surface area (Å²) >= 11 is 0. The second kappa shape index (κ2) is 8.95. The van der Waals surface area contributed by atoms with Gasteiger partial charge < -0.3 is 10.6 Å². The van der Waals surface area contributed by atoms with E-state index in [2.05, 4.69) is 30.9 Å². The van der Waals surface area contributed by atoms with Gasteiger partial charge in [0.1, 0.15) is 0 Å². The van der Waals surface area contributed by atoms with Crippen LogP contribution in [-0.2, 0) is 24.4 Å². The van der Waals surface area contributed by atoms with E-state index in [1.54, 1.807) is 12.3 Å². The lowest BCUT2D eigenvalue weighted by molar-refractivity contribution is -0.145. The van der Waals surface area contributed by atoms with Crippen molar-refractivity contribution in [2.24, 2.45) is 5.92 Å². The molecular formula is C19H19F5N8O2. The van der Waals surface area contributed by atoms with Crippen molar-refractivity contribution in [1.29, 1.82) is 0 Å². The van der Waals surface area contributed by atoms with Gasteiger partial charge in [0.05, 0.1) is 30.8 Å². The van der Waals surface area contributed by atoms with Gasteiger partial charge in [-0.1, -0.05) is 0 Å². The number of carbonyl (C=O) groups is 2. The largest absolute Gasteiger partial charge is 0.409 e. The molecule has 1 aliphatic carbocycles. The summed E-state index contributed by atoms with van der Waals surface area (Å²) in [6.07, 6.45) is -1.01. The maximum Gasteiger partial charge on any atom is 0.409 e. The third-order valence-corrected chi connectivity index (χ3v) is 5.08. The van der Waals surface area contributed by atoms with Crippen LogP contribution in [0.15, 0.2) is 24.7 Å². The van der Waals surface area contributed by atoms with Gasteiger partial charge in [0, 0.05) is 25.8 Å². The molecule has 0 spiro atoms. The Labute approximate surface area is 188 Å². The predicted molar refractivity (Wildman–Crippen MR) is 104 cm³/mol. The maximum atomic E-state index is 12.9. The Balaban J connectivity index is 1.28. The van der Waals surface area contributed by atoms with Crippen molar-refractivity contribution in [3.05, 3.63) is 41.6 Å². The molecule has 1 aliphatic rings. The van der Waals surface area contributed by atoms with Crippen LogP contribution in [0.3, 0.4) is 0 Å². The van der Waals surface area contributed by atoms with E-state index in [0.29, 0.717) is 21.7 Å². The van der Waals surface area contributed by atoms with Crippen molar-refractivity contribution < 1.29 is 31.5 Å². The van der Waals surface area contributed by atoms with Crippen LogP contribution in [-0.4, -0.2) is 53.5 Å². The fourth-order valence-electron chi connectivity index (χ4n) is 3.51. The molecule has 0 bridgehead atoms. The minimum absolute atomic E-state index is 0.0353. The molecule has 0 aliphatic heterocycles. The van der Waals surface area contributed by atoms with Gasteiger partial charge in [-0.25, -0.2) is 18.3 Å². The first kappa shape index (κ1) is 23.5. The molecule has 3 aromatic rings. The van der Waals surface area contributed by atoms with Crippen molar-refractivity contribution in [3.8, 4) is 0 Å². The number of nitrogens with one attached hydrogen (secondary N) is 2. The van der Waals surface area contributed by atoms with Crippen LogP contribution in [0.5, 0.6) is 0 Å². The summed E-state index contributed by atoms with van der Waals surface area (Å²) in [5.41, 5.74) is 1.23. The quantitative estimate of drug-likeness (QED) is 0.470. The van der Waals surface area contributed by atoms with Crippen LogP contribution in [0.2, 0.25) is 0 Å². The summed E-state index contributed by atoms with van der Waals surface area (Å²) in [4.78, 5) is 28.7. The van der Waals surface area contributed by atoms with E-state index in [-0.39, 0.29) is 49.9 Å². The molecule has 182 valence electrons. The maximum absolute atomic E-state index is 12.9. The average Bonchev–Trinajstić information content (AvgIpc) is 3.34. The number of fused-ring (bicyclic) bond motifs is 1. The lowest BCUT2D eigenvalue weighted by Gasteiger charge is -2.34. The van der Waals surface area contributed by atoms with Gasteiger partial charge in [0.2, 0.25) is 11.8 Å². The predicted octanol–water partition coefficient (Wildman–Crippen LogP) is 1.86. The second-order valence-electron chi connectivity index (χ2n) is 8.07. The number of alkyl halides is 5. The van der Waals surface area contributed by atoms with Gasteiger partial charge in [-0.15, -0.1) is 5.10 Å². The number of carbonyl (C=O) groups excluding carboxylic acids is 2. The molecule has 0 atom stereocenters. The van der Waals surface area contributed by atoms with E-state index in [4.69, 9.17) is 0 Å². The number of nitrogens with zero attached hydrogens (tertiary/aromatic N) is 6. The Bertz CT molecular complexity index is 1200. The van der Waals surface area contributed by atoms with Gasteiger partial charge in [-0.2, -0.15) is 28.2 Å². The Hall–Kier alpha value is -3.65. The number of hydrogen-bond acceptors (Lipinski definition) is 6. The monoisotopic (exact) mass is 486 g/mol. The topological polar surface area (TPSA) is 119 Å². The van der Waals surface area contributed by atoms with Gasteiger partial charge in [-0.05, 0) is 17.5 Å². The molecule has 34 heavy (non-hydrogen) atoms.